The van der Waals surface area contributed by atoms with Crippen molar-refractivity contribution in [3.63, 3.8) is 0 Å². The quantitative estimate of drug-likeness (QED) is 0.380. The maximum Gasteiger partial charge on any atom is 0.410 e. The number of rotatable bonds is 9. The van der Waals surface area contributed by atoms with Gasteiger partial charge in [0.15, 0.2) is 0 Å². The zero-order valence-corrected chi connectivity index (χ0v) is 21.1. The molecule has 1 aliphatic rings. The summed E-state index contributed by atoms with van der Waals surface area (Å²) in [4.78, 5) is 14.3. The molecule has 0 spiro atoms. The number of amides is 1. The van der Waals surface area contributed by atoms with Crippen molar-refractivity contribution in [1.29, 1.82) is 0 Å². The molecule has 1 fully saturated rings. The van der Waals surface area contributed by atoms with E-state index in [1.165, 1.54) is 4.90 Å². The number of nitrogens with zero attached hydrogens (tertiary/aromatic N) is 1. The number of phenolic OH excluding ortho intramolecular Hbond substituents is 2. The van der Waals surface area contributed by atoms with Gasteiger partial charge in [0.2, 0.25) is 0 Å². The van der Waals surface area contributed by atoms with Crippen LogP contribution in [0.15, 0.2) is 30.8 Å². The Morgan fingerprint density at radius 1 is 1.18 bits per heavy atom. The smallest absolute Gasteiger partial charge is 0.410 e. The van der Waals surface area contributed by atoms with Crippen molar-refractivity contribution in [2.45, 2.75) is 84.8 Å². The van der Waals surface area contributed by atoms with Crippen LogP contribution in [0, 0.1) is 6.92 Å². The lowest BCUT2D eigenvalue weighted by atomic mass is 9.89. The first-order chi connectivity index (χ1) is 16.2. The van der Waals surface area contributed by atoms with Crippen LogP contribution in [0.5, 0.6) is 11.5 Å². The lowest BCUT2D eigenvalue weighted by Gasteiger charge is -2.24. The second-order valence-corrected chi connectivity index (χ2v) is 9.69. The predicted octanol–water partition coefficient (Wildman–Crippen LogP) is 7.35. The lowest BCUT2D eigenvalue weighted by molar-refractivity contribution is 0.0701. The van der Waals surface area contributed by atoms with E-state index in [2.05, 4.69) is 13.5 Å². The van der Waals surface area contributed by atoms with E-state index in [1.807, 2.05) is 32.0 Å². The van der Waals surface area contributed by atoms with Crippen molar-refractivity contribution in [2.75, 3.05) is 7.05 Å². The number of allylic oxidation sites excluding steroid dienone is 1. The van der Waals surface area contributed by atoms with Crippen LogP contribution in [0.2, 0.25) is 0 Å². The molecule has 1 amide bonds. The third kappa shape index (κ3) is 5.94. The number of aromatic hydroxyl groups is 2. The third-order valence-corrected chi connectivity index (χ3v) is 6.71. The molecular weight excluding hydrogens is 426 g/mol. The highest BCUT2D eigenvalue weighted by Gasteiger charge is 2.25. The molecule has 1 aliphatic carbocycles. The Morgan fingerprint density at radius 2 is 1.88 bits per heavy atom. The van der Waals surface area contributed by atoms with Gasteiger partial charge < -0.3 is 19.8 Å². The number of hydrogen-bond acceptors (Lipinski definition) is 4. The maximum absolute atomic E-state index is 12.8. The molecule has 3 rings (SSSR count). The Bertz CT molecular complexity index is 1040. The van der Waals surface area contributed by atoms with Crippen LogP contribution >= 0.6 is 0 Å². The molecule has 184 valence electrons. The molecule has 0 aromatic heterocycles. The summed E-state index contributed by atoms with van der Waals surface area (Å²) >= 11 is 0. The number of hydrogen-bond donors (Lipinski definition) is 2. The van der Waals surface area contributed by atoms with Gasteiger partial charge in [-0.25, -0.2) is 4.79 Å². The summed E-state index contributed by atoms with van der Waals surface area (Å²) in [5.74, 6) is 0.0529. The fourth-order valence-electron chi connectivity index (χ4n) is 4.76. The van der Waals surface area contributed by atoms with E-state index in [0.29, 0.717) is 11.1 Å². The molecule has 5 heteroatoms. The van der Waals surface area contributed by atoms with Gasteiger partial charge in [0.1, 0.15) is 17.6 Å². The van der Waals surface area contributed by atoms with Gasteiger partial charge in [-0.15, -0.1) is 0 Å². The average molecular weight is 466 g/mol. The van der Waals surface area contributed by atoms with Crippen LogP contribution in [0.3, 0.4) is 0 Å². The average Bonchev–Trinajstić information content (AvgIpc) is 3.29. The zero-order valence-electron chi connectivity index (χ0n) is 21.1. The molecule has 2 N–H and O–H groups in total. The minimum atomic E-state index is -0.376. The number of benzene rings is 2. The minimum Gasteiger partial charge on any atom is -0.507 e. The van der Waals surface area contributed by atoms with Crippen molar-refractivity contribution >= 4 is 11.7 Å². The van der Waals surface area contributed by atoms with E-state index in [1.54, 1.807) is 13.1 Å². The van der Waals surface area contributed by atoms with E-state index in [-0.39, 0.29) is 30.2 Å². The van der Waals surface area contributed by atoms with Gasteiger partial charge in [0, 0.05) is 12.6 Å². The molecule has 2 aromatic rings. The minimum absolute atomic E-state index is 0.0140. The first kappa shape index (κ1) is 25.7. The van der Waals surface area contributed by atoms with Crippen LogP contribution in [0.1, 0.15) is 81.0 Å². The largest absolute Gasteiger partial charge is 0.507 e. The van der Waals surface area contributed by atoms with Crippen molar-refractivity contribution < 1.29 is 19.7 Å². The second kappa shape index (κ2) is 11.5. The van der Waals surface area contributed by atoms with Gasteiger partial charge in [-0.3, -0.25) is 0 Å². The zero-order chi connectivity index (χ0) is 24.8. The first-order valence-corrected chi connectivity index (χ1v) is 12.5. The van der Waals surface area contributed by atoms with E-state index >= 15 is 0 Å². The molecule has 34 heavy (non-hydrogen) atoms. The lowest BCUT2D eigenvalue weighted by Crippen LogP contribution is -2.30. The predicted molar refractivity (Wildman–Crippen MR) is 138 cm³/mol. The summed E-state index contributed by atoms with van der Waals surface area (Å²) in [6.07, 6.45) is 7.40. The summed E-state index contributed by atoms with van der Waals surface area (Å²) in [6, 6.07) is 7.67. The van der Waals surface area contributed by atoms with Crippen molar-refractivity contribution in [3.8, 4) is 22.6 Å². The van der Waals surface area contributed by atoms with Crippen LogP contribution in [-0.2, 0) is 17.7 Å². The van der Waals surface area contributed by atoms with Gasteiger partial charge in [-0.05, 0) is 75.1 Å². The molecule has 1 saturated carbocycles. The van der Waals surface area contributed by atoms with Gasteiger partial charge in [0.25, 0.3) is 0 Å². The first-order valence-electron chi connectivity index (χ1n) is 12.5. The van der Waals surface area contributed by atoms with Crippen LogP contribution in [0.25, 0.3) is 16.7 Å². The topological polar surface area (TPSA) is 70.0 Å². The second-order valence-electron chi connectivity index (χ2n) is 9.69. The fourth-order valence-corrected chi connectivity index (χ4v) is 4.76. The Kier molecular flexibility index (Phi) is 8.65. The highest BCUT2D eigenvalue weighted by molar-refractivity contribution is 5.87. The van der Waals surface area contributed by atoms with Gasteiger partial charge >= 0.3 is 6.09 Å². The van der Waals surface area contributed by atoms with Gasteiger partial charge in [0.05, 0.1) is 12.1 Å². The molecule has 0 heterocycles. The Morgan fingerprint density at radius 3 is 2.53 bits per heavy atom. The Balaban J connectivity index is 2.03. The molecule has 0 saturated heterocycles. The normalized spacial score (nSPS) is 13.8. The molecule has 0 bridgehead atoms. The van der Waals surface area contributed by atoms with Crippen molar-refractivity contribution in [1.82, 2.24) is 4.90 Å². The molecule has 2 aromatic carbocycles. The number of ether oxygens (including phenoxy) is 1. The number of phenols is 2. The monoisotopic (exact) mass is 465 g/mol. The number of carbonyl (C=O) groups excluding carboxylic acids is 1. The summed E-state index contributed by atoms with van der Waals surface area (Å²) in [5.41, 5.74) is 5.37. The maximum atomic E-state index is 12.8. The van der Waals surface area contributed by atoms with Crippen LogP contribution in [0.4, 0.5) is 4.79 Å². The van der Waals surface area contributed by atoms with Crippen LogP contribution < -0.4 is 0 Å². The van der Waals surface area contributed by atoms with Crippen LogP contribution in [-0.4, -0.2) is 34.4 Å². The van der Waals surface area contributed by atoms with E-state index in [4.69, 9.17) is 4.74 Å². The van der Waals surface area contributed by atoms with E-state index < -0.39 is 0 Å². The molecule has 0 radical (unpaired) electrons. The highest BCUT2D eigenvalue weighted by Crippen LogP contribution is 2.45. The number of aryl methyl sites for hydroxylation is 2. The Hall–Kier alpha value is -2.95. The van der Waals surface area contributed by atoms with Crippen molar-refractivity contribution in [2.24, 2.45) is 0 Å². The molecular formula is C29H39NO4. The summed E-state index contributed by atoms with van der Waals surface area (Å²) in [5, 5.41) is 22.5. The summed E-state index contributed by atoms with van der Waals surface area (Å²) in [6.45, 7) is 10.3. The summed E-state index contributed by atoms with van der Waals surface area (Å²) < 4.78 is 5.67. The fraction of sp³-hybridized carbons (Fsp3) is 0.483. The van der Waals surface area contributed by atoms with Gasteiger partial charge in [-0.2, -0.15) is 0 Å². The molecule has 0 unspecified atom stereocenters. The van der Waals surface area contributed by atoms with Gasteiger partial charge in [-0.1, -0.05) is 55.7 Å². The van der Waals surface area contributed by atoms with E-state index in [0.717, 1.165) is 79.2 Å². The molecule has 0 atom stereocenters. The molecule has 0 aliphatic heterocycles. The van der Waals surface area contributed by atoms with Crippen molar-refractivity contribution in [3.05, 3.63) is 53.1 Å². The molecule has 5 nitrogen and oxygen atoms in total. The van der Waals surface area contributed by atoms with E-state index in [9.17, 15) is 15.0 Å². The highest BCUT2D eigenvalue weighted by atomic mass is 16.6. The number of carbonyl (C=O) groups is 1. The number of unbranched alkanes of at least 4 members (excludes halogenated alkanes) is 2. The Labute approximate surface area is 204 Å². The SMILES string of the molecule is C=C(C)c1ccc(C)cc1-c1c(O)cc(CCCCC)c(CN(C)C(=O)OC2CCCC2)c1O. The standard InChI is InChI=1S/C29H39NO4/c1-6-7-8-11-21-17-26(31)27(24-16-20(4)14-15-23(24)19(2)3)28(32)25(21)18-30(5)29(33)34-22-12-9-10-13-22/h14-17,22,31-32H,2,6-13,18H2,1,3-5H3. The summed E-state index contributed by atoms with van der Waals surface area (Å²) in [7, 11) is 1.70. The third-order valence-electron chi connectivity index (χ3n) is 6.71.